The predicted octanol–water partition coefficient (Wildman–Crippen LogP) is 3.63. The first-order chi connectivity index (χ1) is 16.5. The summed E-state index contributed by atoms with van der Waals surface area (Å²) in [6, 6.07) is 12.6. The number of rotatable bonds is 5. The van der Waals surface area contributed by atoms with Crippen LogP contribution in [0, 0.1) is 0 Å². The van der Waals surface area contributed by atoms with Crippen LogP contribution in [-0.4, -0.2) is 80.3 Å². The lowest BCUT2D eigenvalue weighted by atomic mass is 10.1. The fourth-order valence-electron chi connectivity index (χ4n) is 3.84. The fourth-order valence-corrected chi connectivity index (χ4v) is 5.24. The average Bonchev–Trinajstić information content (AvgIpc) is 3.49. The normalized spacial score (nSPS) is 19.1. The van der Waals surface area contributed by atoms with Crippen molar-refractivity contribution in [1.82, 2.24) is 24.2 Å². The molecule has 0 saturated carbocycles. The number of benzene rings is 1. The number of aliphatic hydroxyl groups is 1. The molecule has 4 heterocycles. The van der Waals surface area contributed by atoms with E-state index in [9.17, 15) is 4.79 Å². The minimum absolute atomic E-state index is 0.148. The lowest BCUT2D eigenvalue weighted by Crippen LogP contribution is -2.35. The van der Waals surface area contributed by atoms with Crippen molar-refractivity contribution >= 4 is 35.1 Å². The SMILES string of the molecule is CN1CCC(O)C1=O.CSN1CCC(Nc2nccc(-c3csc(-c4ccccc4)n3)n2)CC1. The van der Waals surface area contributed by atoms with Crippen molar-refractivity contribution in [2.24, 2.45) is 0 Å². The Kier molecular flexibility index (Phi) is 8.49. The Hall–Kier alpha value is -2.53. The molecule has 2 N–H and O–H groups in total. The summed E-state index contributed by atoms with van der Waals surface area (Å²) in [4.78, 5) is 25.9. The summed E-state index contributed by atoms with van der Waals surface area (Å²) in [5.74, 6) is 0.546. The van der Waals surface area contributed by atoms with Gasteiger partial charge in [-0.1, -0.05) is 42.3 Å². The second-order valence-corrected chi connectivity index (χ2v) is 10.0. The molecule has 8 nitrogen and oxygen atoms in total. The minimum Gasteiger partial charge on any atom is -0.383 e. The first kappa shape index (κ1) is 24.6. The predicted molar refractivity (Wildman–Crippen MR) is 139 cm³/mol. The van der Waals surface area contributed by atoms with Gasteiger partial charge in [-0.05, 0) is 31.6 Å². The molecule has 1 aromatic carbocycles. The van der Waals surface area contributed by atoms with E-state index < -0.39 is 6.10 Å². The third kappa shape index (κ3) is 6.32. The van der Waals surface area contributed by atoms with Gasteiger partial charge in [0.2, 0.25) is 5.95 Å². The van der Waals surface area contributed by atoms with Crippen molar-refractivity contribution in [3.63, 3.8) is 0 Å². The molecule has 0 aliphatic carbocycles. The quantitative estimate of drug-likeness (QED) is 0.515. The number of nitrogens with one attached hydrogen (secondary N) is 1. The maximum Gasteiger partial charge on any atom is 0.251 e. The molecule has 0 spiro atoms. The van der Waals surface area contributed by atoms with Crippen molar-refractivity contribution < 1.29 is 9.90 Å². The van der Waals surface area contributed by atoms with Crippen molar-refractivity contribution in [3.05, 3.63) is 48.0 Å². The number of anilines is 1. The molecule has 1 amide bonds. The number of carbonyl (C=O) groups excluding carboxylic acids is 1. The van der Waals surface area contributed by atoms with Crippen LogP contribution in [0.1, 0.15) is 19.3 Å². The van der Waals surface area contributed by atoms with E-state index in [1.54, 1.807) is 18.4 Å². The molecule has 180 valence electrons. The molecule has 5 rings (SSSR count). The van der Waals surface area contributed by atoms with Crippen LogP contribution >= 0.6 is 23.3 Å². The molecule has 2 fully saturated rings. The number of hydrogen-bond acceptors (Lipinski definition) is 9. The largest absolute Gasteiger partial charge is 0.383 e. The van der Waals surface area contributed by atoms with E-state index in [4.69, 9.17) is 10.1 Å². The molecule has 34 heavy (non-hydrogen) atoms. The van der Waals surface area contributed by atoms with Gasteiger partial charge in [0.25, 0.3) is 5.91 Å². The summed E-state index contributed by atoms with van der Waals surface area (Å²) in [6.45, 7) is 2.90. The van der Waals surface area contributed by atoms with Crippen LogP contribution in [0.3, 0.4) is 0 Å². The molecule has 2 aliphatic rings. The summed E-state index contributed by atoms with van der Waals surface area (Å²) >= 11 is 3.46. The number of aromatic nitrogens is 3. The molecular formula is C24H30N6O2S2. The van der Waals surface area contributed by atoms with Crippen molar-refractivity contribution in [3.8, 4) is 22.0 Å². The van der Waals surface area contributed by atoms with Gasteiger partial charge in [0, 0.05) is 49.9 Å². The lowest BCUT2D eigenvalue weighted by Gasteiger charge is -2.30. The molecular weight excluding hydrogens is 468 g/mol. The Morgan fingerprint density at radius 3 is 2.44 bits per heavy atom. The van der Waals surface area contributed by atoms with E-state index >= 15 is 0 Å². The highest BCUT2D eigenvalue weighted by molar-refractivity contribution is 7.96. The number of carbonyl (C=O) groups is 1. The van der Waals surface area contributed by atoms with Crippen LogP contribution in [0.15, 0.2) is 48.0 Å². The van der Waals surface area contributed by atoms with Gasteiger partial charge in [0.1, 0.15) is 16.8 Å². The zero-order chi connectivity index (χ0) is 23.9. The Morgan fingerprint density at radius 2 is 1.82 bits per heavy atom. The van der Waals surface area contributed by atoms with Gasteiger partial charge in [-0.15, -0.1) is 11.3 Å². The highest BCUT2D eigenvalue weighted by atomic mass is 32.2. The Balaban J connectivity index is 0.000000291. The topological polar surface area (TPSA) is 94.5 Å². The van der Waals surface area contributed by atoms with Gasteiger partial charge in [-0.3, -0.25) is 9.10 Å². The first-order valence-corrected chi connectivity index (χ1v) is 13.4. The summed E-state index contributed by atoms with van der Waals surface area (Å²) in [6.07, 6.45) is 6.04. The minimum atomic E-state index is -0.722. The molecule has 10 heteroatoms. The zero-order valence-electron chi connectivity index (χ0n) is 19.4. The number of likely N-dealkylation sites (N-methyl/N-ethyl adjacent to an activating group) is 1. The van der Waals surface area contributed by atoms with Gasteiger partial charge in [-0.2, -0.15) is 0 Å². The molecule has 0 bridgehead atoms. The average molecular weight is 499 g/mol. The Labute approximate surface area is 208 Å². The van der Waals surface area contributed by atoms with E-state index in [2.05, 4.69) is 43.4 Å². The van der Waals surface area contributed by atoms with E-state index in [1.807, 2.05) is 42.4 Å². The third-order valence-corrected chi connectivity index (χ3v) is 7.66. The number of nitrogens with zero attached hydrogens (tertiary/aromatic N) is 5. The Bertz CT molecular complexity index is 1060. The number of amides is 1. The molecule has 2 aromatic heterocycles. The second-order valence-electron chi connectivity index (χ2n) is 8.26. The second kappa shape index (κ2) is 11.7. The van der Waals surface area contributed by atoms with E-state index in [1.165, 1.54) is 4.90 Å². The lowest BCUT2D eigenvalue weighted by molar-refractivity contribution is -0.133. The molecule has 0 radical (unpaired) electrons. The van der Waals surface area contributed by atoms with Gasteiger partial charge in [0.05, 0.1) is 5.69 Å². The summed E-state index contributed by atoms with van der Waals surface area (Å²) in [5.41, 5.74) is 2.90. The van der Waals surface area contributed by atoms with Crippen LogP contribution in [0.25, 0.3) is 22.0 Å². The van der Waals surface area contributed by atoms with Gasteiger partial charge >= 0.3 is 0 Å². The van der Waals surface area contributed by atoms with Crippen LogP contribution in [0.4, 0.5) is 5.95 Å². The van der Waals surface area contributed by atoms with Crippen molar-refractivity contribution in [2.45, 2.75) is 31.4 Å². The number of hydrogen-bond donors (Lipinski definition) is 2. The van der Waals surface area contributed by atoms with E-state index in [-0.39, 0.29) is 5.91 Å². The Morgan fingerprint density at radius 1 is 1.06 bits per heavy atom. The van der Waals surface area contributed by atoms with Crippen LogP contribution in [0.5, 0.6) is 0 Å². The monoisotopic (exact) mass is 498 g/mol. The van der Waals surface area contributed by atoms with Gasteiger partial charge < -0.3 is 15.3 Å². The standard InChI is InChI=1S/C19H21N5S2.C5H9NO2/c1-25-24-11-8-15(9-12-24)21-19-20-10-7-16(23-19)17-13-26-18(22-17)14-5-3-2-4-6-14;1-6-3-2-4(7)5(6)8/h2-7,10,13,15H,8-9,11-12H2,1H3,(H,20,21,23);4,7H,2-3H2,1H3. The maximum absolute atomic E-state index is 10.6. The number of likely N-dealkylation sites (tertiary alicyclic amines) is 1. The van der Waals surface area contributed by atoms with E-state index in [0.29, 0.717) is 25.0 Å². The van der Waals surface area contributed by atoms with Crippen molar-refractivity contribution in [1.29, 1.82) is 0 Å². The van der Waals surface area contributed by atoms with Crippen LogP contribution < -0.4 is 5.32 Å². The molecule has 3 aromatic rings. The summed E-state index contributed by atoms with van der Waals surface area (Å²) in [7, 11) is 1.69. The number of thiazole rings is 1. The van der Waals surface area contributed by atoms with E-state index in [0.717, 1.165) is 47.9 Å². The first-order valence-electron chi connectivity index (χ1n) is 11.4. The molecule has 2 saturated heterocycles. The van der Waals surface area contributed by atoms with Crippen molar-refractivity contribution in [2.75, 3.05) is 38.3 Å². The van der Waals surface area contributed by atoms with Gasteiger partial charge in [-0.25, -0.2) is 15.0 Å². The molecule has 1 unspecified atom stereocenters. The smallest absolute Gasteiger partial charge is 0.251 e. The number of piperidine rings is 1. The van der Waals surface area contributed by atoms with Gasteiger partial charge in [0.15, 0.2) is 0 Å². The molecule has 2 aliphatic heterocycles. The highest BCUT2D eigenvalue weighted by Gasteiger charge is 2.26. The summed E-state index contributed by atoms with van der Waals surface area (Å²) < 4.78 is 2.40. The molecule has 1 atom stereocenters. The summed E-state index contributed by atoms with van der Waals surface area (Å²) in [5, 5.41) is 15.3. The van der Waals surface area contributed by atoms with Crippen LogP contribution in [-0.2, 0) is 4.79 Å². The number of aliphatic hydroxyl groups excluding tert-OH is 1. The highest BCUT2D eigenvalue weighted by Crippen LogP contribution is 2.28. The maximum atomic E-state index is 10.6. The fraction of sp³-hybridized carbons (Fsp3) is 0.417. The zero-order valence-corrected chi connectivity index (χ0v) is 21.1. The third-order valence-electron chi connectivity index (χ3n) is 5.89. The van der Waals surface area contributed by atoms with Crippen LogP contribution in [0.2, 0.25) is 0 Å².